The zero-order valence-corrected chi connectivity index (χ0v) is 17.1. The summed E-state index contributed by atoms with van der Waals surface area (Å²) in [5.74, 6) is 0.212. The Morgan fingerprint density at radius 3 is 2.70 bits per heavy atom. The molecule has 7 heteroatoms. The molecule has 2 aliphatic rings. The molecule has 0 radical (unpaired) electrons. The van der Waals surface area contributed by atoms with Crippen LogP contribution < -0.4 is 5.56 Å². The molecule has 0 aromatic carbocycles. The zero-order valence-electron chi connectivity index (χ0n) is 16.3. The van der Waals surface area contributed by atoms with Crippen LogP contribution >= 0.6 is 11.3 Å². The molecule has 2 heterocycles. The quantitative estimate of drug-likeness (QED) is 0.751. The van der Waals surface area contributed by atoms with Crippen molar-refractivity contribution in [3.63, 3.8) is 0 Å². The smallest absolute Gasteiger partial charge is 0.328 e. The Bertz CT molecular complexity index is 919. The number of hydrogen-bond acceptors (Lipinski definition) is 6. The molecule has 0 amide bonds. The van der Waals surface area contributed by atoms with E-state index in [0.717, 1.165) is 50.5 Å². The zero-order chi connectivity index (χ0) is 19.2. The molecule has 1 saturated carbocycles. The van der Waals surface area contributed by atoms with Crippen molar-refractivity contribution in [3.8, 4) is 0 Å². The molecule has 6 nitrogen and oxygen atoms in total. The van der Waals surface area contributed by atoms with E-state index in [9.17, 15) is 9.59 Å². The molecule has 2 aromatic heterocycles. The Balaban J connectivity index is 1.59. The normalized spacial score (nSPS) is 20.8. The van der Waals surface area contributed by atoms with Crippen LogP contribution in [-0.4, -0.2) is 27.1 Å². The average Bonchev–Trinajstić information content (AvgIpc) is 3.23. The van der Waals surface area contributed by atoms with Crippen LogP contribution in [0.2, 0.25) is 0 Å². The first-order chi connectivity index (χ1) is 12.8. The molecule has 0 N–H and O–H groups in total. The monoisotopic (exact) mass is 389 g/mol. The Morgan fingerprint density at radius 2 is 2.00 bits per heavy atom. The second-order valence-electron chi connectivity index (χ2n) is 8.94. The number of esters is 1. The second kappa shape index (κ2) is 7.00. The van der Waals surface area contributed by atoms with E-state index in [-0.39, 0.29) is 23.6 Å². The second-order valence-corrected chi connectivity index (χ2v) is 10.0. The number of ether oxygens (including phenoxy) is 1. The van der Waals surface area contributed by atoms with E-state index in [1.165, 1.54) is 9.56 Å². The molecule has 27 heavy (non-hydrogen) atoms. The Kier molecular flexibility index (Phi) is 4.82. The van der Waals surface area contributed by atoms with E-state index in [4.69, 9.17) is 4.74 Å². The highest BCUT2D eigenvalue weighted by Crippen LogP contribution is 2.41. The highest BCUT2D eigenvalue weighted by molar-refractivity contribution is 7.18. The summed E-state index contributed by atoms with van der Waals surface area (Å²) in [5, 5.41) is 8.90. The number of aromatic nitrogens is 3. The third kappa shape index (κ3) is 3.66. The van der Waals surface area contributed by atoms with E-state index in [2.05, 4.69) is 31.1 Å². The molecule has 0 aliphatic heterocycles. The number of nitrogens with zero attached hydrogens (tertiary/aromatic N) is 3. The number of aryl methyl sites for hydroxylation is 1. The van der Waals surface area contributed by atoms with Crippen molar-refractivity contribution in [2.24, 2.45) is 11.3 Å². The molecular formula is C20H27N3O3S. The van der Waals surface area contributed by atoms with Gasteiger partial charge in [0.25, 0.3) is 5.56 Å². The van der Waals surface area contributed by atoms with Crippen LogP contribution in [0.5, 0.6) is 0 Å². The van der Waals surface area contributed by atoms with E-state index < -0.39 is 5.97 Å². The number of fused-ring (bicyclic) bond motifs is 3. The SMILES string of the molecule is CC(C)(C)[C@@H]1CCc2c(sc3nnn(CC(=O)OC4CCCC4)c(=O)c23)C1. The number of hydrogen-bond donors (Lipinski definition) is 0. The lowest BCUT2D eigenvalue weighted by atomic mass is 9.72. The maximum atomic E-state index is 13.0. The van der Waals surface area contributed by atoms with Crippen LogP contribution in [0.4, 0.5) is 0 Å². The first-order valence-electron chi connectivity index (χ1n) is 9.90. The minimum atomic E-state index is -0.394. The summed E-state index contributed by atoms with van der Waals surface area (Å²) in [5.41, 5.74) is 1.16. The van der Waals surface area contributed by atoms with Gasteiger partial charge in [-0.1, -0.05) is 26.0 Å². The molecule has 2 aliphatic carbocycles. The van der Waals surface area contributed by atoms with Gasteiger partial charge in [0.15, 0.2) is 4.83 Å². The van der Waals surface area contributed by atoms with Crippen molar-refractivity contribution in [2.45, 2.75) is 78.4 Å². The summed E-state index contributed by atoms with van der Waals surface area (Å²) in [4.78, 5) is 27.1. The van der Waals surface area contributed by atoms with Gasteiger partial charge in [-0.05, 0) is 61.8 Å². The molecule has 2 aromatic rings. The van der Waals surface area contributed by atoms with Gasteiger partial charge >= 0.3 is 5.97 Å². The summed E-state index contributed by atoms with van der Waals surface area (Å²) in [6, 6.07) is 0. The van der Waals surface area contributed by atoms with E-state index in [1.807, 2.05) is 0 Å². The van der Waals surface area contributed by atoms with Crippen molar-refractivity contribution in [1.29, 1.82) is 0 Å². The van der Waals surface area contributed by atoms with Crippen molar-refractivity contribution in [3.05, 3.63) is 20.8 Å². The molecule has 0 unspecified atom stereocenters. The van der Waals surface area contributed by atoms with Gasteiger partial charge in [0.1, 0.15) is 12.6 Å². The molecule has 0 saturated heterocycles. The third-order valence-electron chi connectivity index (χ3n) is 6.04. The van der Waals surface area contributed by atoms with Gasteiger partial charge < -0.3 is 4.74 Å². The highest BCUT2D eigenvalue weighted by atomic mass is 32.1. The Morgan fingerprint density at radius 1 is 1.26 bits per heavy atom. The fourth-order valence-corrected chi connectivity index (χ4v) is 5.56. The van der Waals surface area contributed by atoms with Crippen molar-refractivity contribution >= 4 is 27.5 Å². The van der Waals surface area contributed by atoms with Crippen LogP contribution in [0.1, 0.15) is 63.3 Å². The largest absolute Gasteiger partial charge is 0.461 e. The lowest BCUT2D eigenvalue weighted by Gasteiger charge is -2.33. The average molecular weight is 390 g/mol. The lowest BCUT2D eigenvalue weighted by molar-refractivity contribution is -0.149. The fourth-order valence-electron chi connectivity index (χ4n) is 4.32. The van der Waals surface area contributed by atoms with Crippen molar-refractivity contribution in [1.82, 2.24) is 15.0 Å². The molecule has 1 fully saturated rings. The molecule has 1 atom stereocenters. The van der Waals surface area contributed by atoms with Gasteiger partial charge in [0.2, 0.25) is 0 Å². The van der Waals surface area contributed by atoms with Crippen LogP contribution in [0.15, 0.2) is 4.79 Å². The predicted molar refractivity (Wildman–Crippen MR) is 105 cm³/mol. The van der Waals surface area contributed by atoms with E-state index >= 15 is 0 Å². The van der Waals surface area contributed by atoms with Crippen LogP contribution in [0.3, 0.4) is 0 Å². The molecule has 4 rings (SSSR count). The third-order valence-corrected chi connectivity index (χ3v) is 7.18. The standard InChI is InChI=1S/C20H27N3O3S/c1-20(2,3)12-8-9-14-15(10-12)27-18-17(14)19(25)23(22-21-18)11-16(24)26-13-6-4-5-7-13/h12-13H,4-11H2,1-3H3/t12-/m1/s1. The van der Waals surface area contributed by atoms with E-state index in [1.54, 1.807) is 11.3 Å². The minimum absolute atomic E-state index is 0.00636. The minimum Gasteiger partial charge on any atom is -0.461 e. The Hall–Kier alpha value is -1.76. The lowest BCUT2D eigenvalue weighted by Crippen LogP contribution is -2.30. The van der Waals surface area contributed by atoms with Crippen molar-refractivity contribution in [2.75, 3.05) is 0 Å². The van der Waals surface area contributed by atoms with Crippen LogP contribution in [-0.2, 0) is 28.9 Å². The van der Waals surface area contributed by atoms with Crippen LogP contribution in [0, 0.1) is 11.3 Å². The van der Waals surface area contributed by atoms with Crippen molar-refractivity contribution < 1.29 is 9.53 Å². The van der Waals surface area contributed by atoms with Gasteiger partial charge in [-0.15, -0.1) is 16.4 Å². The van der Waals surface area contributed by atoms with Gasteiger partial charge in [0, 0.05) is 4.88 Å². The maximum absolute atomic E-state index is 13.0. The molecule has 0 spiro atoms. The molecule has 0 bridgehead atoms. The summed E-state index contributed by atoms with van der Waals surface area (Å²) in [6.07, 6.45) is 6.98. The van der Waals surface area contributed by atoms with Gasteiger partial charge in [-0.2, -0.15) is 4.68 Å². The van der Waals surface area contributed by atoms with Gasteiger partial charge in [-0.3, -0.25) is 9.59 Å². The van der Waals surface area contributed by atoms with E-state index in [0.29, 0.717) is 16.1 Å². The Labute approximate surface area is 162 Å². The summed E-state index contributed by atoms with van der Waals surface area (Å²) >= 11 is 1.58. The van der Waals surface area contributed by atoms with Crippen LogP contribution in [0.25, 0.3) is 10.2 Å². The summed E-state index contributed by atoms with van der Waals surface area (Å²) in [7, 11) is 0. The molecule has 146 valence electrons. The number of rotatable bonds is 3. The number of carbonyl (C=O) groups is 1. The maximum Gasteiger partial charge on any atom is 0.328 e. The highest BCUT2D eigenvalue weighted by Gasteiger charge is 2.32. The topological polar surface area (TPSA) is 74.1 Å². The summed E-state index contributed by atoms with van der Waals surface area (Å²) < 4.78 is 6.63. The number of carbonyl (C=O) groups excluding carboxylic acids is 1. The van der Waals surface area contributed by atoms with Gasteiger partial charge in [0.05, 0.1) is 5.39 Å². The van der Waals surface area contributed by atoms with Gasteiger partial charge in [-0.25, -0.2) is 0 Å². The predicted octanol–water partition coefficient (Wildman–Crippen LogP) is 3.49. The first-order valence-corrected chi connectivity index (χ1v) is 10.7. The number of thiophene rings is 1. The first kappa shape index (κ1) is 18.6. The summed E-state index contributed by atoms with van der Waals surface area (Å²) in [6.45, 7) is 6.67. The fraction of sp³-hybridized carbons (Fsp3) is 0.700. The molecular weight excluding hydrogens is 362 g/mol.